The summed E-state index contributed by atoms with van der Waals surface area (Å²) in [5.74, 6) is -3.35. The van der Waals surface area contributed by atoms with E-state index in [0.717, 1.165) is 43.8 Å². The highest BCUT2D eigenvalue weighted by molar-refractivity contribution is 8.18. The molecule has 2 saturated heterocycles. The third-order valence-corrected chi connectivity index (χ3v) is 6.16. The Morgan fingerprint density at radius 1 is 1.16 bits per heavy atom. The highest BCUT2D eigenvalue weighted by atomic mass is 32.2. The lowest BCUT2D eigenvalue weighted by Crippen LogP contribution is -2.38. The maximum Gasteiger partial charge on any atom is 0.290 e. The number of rotatable bonds is 6. The molecule has 0 bridgehead atoms. The largest absolute Gasteiger partial charge is 0.341 e. The van der Waals surface area contributed by atoms with Crippen molar-refractivity contribution in [3.8, 4) is 0 Å². The van der Waals surface area contributed by atoms with Crippen LogP contribution < -0.4 is 15.5 Å². The molecule has 1 aromatic carbocycles. The average molecular weight is 463 g/mol. The molecule has 2 amide bonds. The van der Waals surface area contributed by atoms with Gasteiger partial charge in [-0.15, -0.1) is 0 Å². The molecular formula is C21H20F3N5O2S. The lowest BCUT2D eigenvalue weighted by atomic mass is 9.97. The predicted octanol–water partition coefficient (Wildman–Crippen LogP) is 3.22. The Hall–Kier alpha value is -2.92. The van der Waals surface area contributed by atoms with Crippen LogP contribution in [0, 0.1) is 23.4 Å². The Kier molecular flexibility index (Phi) is 6.75. The van der Waals surface area contributed by atoms with Crippen LogP contribution in [-0.4, -0.2) is 40.7 Å². The quantitative estimate of drug-likeness (QED) is 0.503. The number of carbonyl (C=O) groups is 2. The second-order valence-electron chi connectivity index (χ2n) is 7.53. The maximum atomic E-state index is 13.7. The van der Waals surface area contributed by atoms with Crippen molar-refractivity contribution in [3.63, 3.8) is 0 Å². The Bertz CT molecular complexity index is 1070. The minimum absolute atomic E-state index is 0.0940. The lowest BCUT2D eigenvalue weighted by molar-refractivity contribution is -0.115. The van der Waals surface area contributed by atoms with Crippen LogP contribution in [0.25, 0.3) is 6.08 Å². The minimum atomic E-state index is -1.45. The van der Waals surface area contributed by atoms with E-state index in [1.807, 2.05) is 4.90 Å². The van der Waals surface area contributed by atoms with Gasteiger partial charge in [0.25, 0.3) is 11.1 Å². The zero-order valence-electron chi connectivity index (χ0n) is 16.9. The predicted molar refractivity (Wildman–Crippen MR) is 114 cm³/mol. The van der Waals surface area contributed by atoms with Crippen molar-refractivity contribution in [2.45, 2.75) is 19.4 Å². The number of piperidine rings is 1. The molecule has 168 valence electrons. The number of nitrogens with one attached hydrogen (secondary N) is 2. The van der Waals surface area contributed by atoms with E-state index in [0.29, 0.717) is 29.0 Å². The first-order valence-corrected chi connectivity index (χ1v) is 10.9. The van der Waals surface area contributed by atoms with E-state index in [1.165, 1.54) is 6.07 Å². The van der Waals surface area contributed by atoms with Crippen molar-refractivity contribution >= 4 is 34.9 Å². The van der Waals surface area contributed by atoms with Gasteiger partial charge in [0.05, 0.1) is 10.6 Å². The number of aromatic nitrogens is 2. The number of halogens is 3. The monoisotopic (exact) mass is 463 g/mol. The summed E-state index contributed by atoms with van der Waals surface area (Å²) in [4.78, 5) is 34.1. The second kappa shape index (κ2) is 9.70. The summed E-state index contributed by atoms with van der Waals surface area (Å²) in [5, 5.41) is 4.92. The number of hydrogen-bond acceptors (Lipinski definition) is 7. The molecule has 2 N–H and O–H groups in total. The fourth-order valence-electron chi connectivity index (χ4n) is 3.60. The van der Waals surface area contributed by atoms with E-state index in [9.17, 15) is 22.8 Å². The molecule has 0 spiro atoms. The number of nitrogens with zero attached hydrogens (tertiary/aromatic N) is 3. The molecule has 2 aliphatic rings. The molecule has 1 aromatic heterocycles. The number of imide groups is 1. The van der Waals surface area contributed by atoms with Crippen molar-refractivity contribution in [3.05, 3.63) is 58.0 Å². The zero-order chi connectivity index (χ0) is 22.7. The van der Waals surface area contributed by atoms with Crippen LogP contribution in [0.3, 0.4) is 0 Å². The van der Waals surface area contributed by atoms with Gasteiger partial charge >= 0.3 is 0 Å². The summed E-state index contributed by atoms with van der Waals surface area (Å²) in [5.41, 5.74) is 0.635. The van der Waals surface area contributed by atoms with Crippen molar-refractivity contribution in [1.82, 2.24) is 20.6 Å². The van der Waals surface area contributed by atoms with Crippen molar-refractivity contribution in [1.29, 1.82) is 0 Å². The molecule has 3 heterocycles. The first-order chi connectivity index (χ1) is 15.4. The molecule has 2 aromatic rings. The minimum Gasteiger partial charge on any atom is -0.341 e. The van der Waals surface area contributed by atoms with Crippen LogP contribution in [0.4, 0.5) is 23.9 Å². The van der Waals surface area contributed by atoms with Crippen LogP contribution in [0.2, 0.25) is 0 Å². The van der Waals surface area contributed by atoms with Gasteiger partial charge in [0.1, 0.15) is 0 Å². The van der Waals surface area contributed by atoms with Gasteiger partial charge in [-0.2, -0.15) is 0 Å². The molecule has 11 heteroatoms. The van der Waals surface area contributed by atoms with Crippen LogP contribution in [0.15, 0.2) is 29.3 Å². The summed E-state index contributed by atoms with van der Waals surface area (Å²) in [7, 11) is 0. The van der Waals surface area contributed by atoms with Crippen LogP contribution in [0.5, 0.6) is 0 Å². The fraction of sp³-hybridized carbons (Fsp3) is 0.333. The third kappa shape index (κ3) is 5.10. The Morgan fingerprint density at radius 3 is 2.66 bits per heavy atom. The summed E-state index contributed by atoms with van der Waals surface area (Å²) in [6.07, 6.45) is 4.88. The Morgan fingerprint density at radius 2 is 1.94 bits per heavy atom. The standard InChI is InChI=1S/C21H20F3N5O2S/c22-15-2-1-13(17(23)18(15)24)11-25-10-12-4-7-29(8-5-12)20-26-6-3-14(27-20)9-16-19(30)28-21(31)32-16/h1-3,6,9,12,25H,4-5,7-8,10-11H2,(H,28,30,31)/b16-9+. The Balaban J connectivity index is 1.29. The van der Waals surface area contributed by atoms with Gasteiger partial charge < -0.3 is 10.2 Å². The first-order valence-electron chi connectivity index (χ1n) is 10.1. The molecule has 7 nitrogen and oxygen atoms in total. The molecule has 0 saturated carbocycles. The molecule has 4 rings (SSSR count). The number of anilines is 1. The van der Waals surface area contributed by atoms with Gasteiger partial charge in [0, 0.05) is 31.4 Å². The highest BCUT2D eigenvalue weighted by Gasteiger charge is 2.26. The van der Waals surface area contributed by atoms with E-state index in [-0.39, 0.29) is 12.1 Å². The SMILES string of the molecule is O=C1NC(=O)/C(=C\c2ccnc(N3CCC(CNCc4ccc(F)c(F)c4F)CC3)n2)S1. The van der Waals surface area contributed by atoms with Gasteiger partial charge in [-0.3, -0.25) is 14.9 Å². The van der Waals surface area contributed by atoms with E-state index in [2.05, 4.69) is 20.6 Å². The van der Waals surface area contributed by atoms with Crippen molar-refractivity contribution < 1.29 is 22.8 Å². The topological polar surface area (TPSA) is 87.2 Å². The normalized spacial score (nSPS) is 18.5. The molecule has 32 heavy (non-hydrogen) atoms. The number of benzene rings is 1. The molecule has 0 radical (unpaired) electrons. The van der Waals surface area contributed by atoms with Gasteiger partial charge in [0.15, 0.2) is 17.5 Å². The van der Waals surface area contributed by atoms with E-state index >= 15 is 0 Å². The van der Waals surface area contributed by atoms with Crippen LogP contribution >= 0.6 is 11.8 Å². The van der Waals surface area contributed by atoms with Crippen molar-refractivity contribution in [2.24, 2.45) is 5.92 Å². The highest BCUT2D eigenvalue weighted by Crippen LogP contribution is 2.26. The number of hydrogen-bond donors (Lipinski definition) is 2. The molecule has 0 aliphatic carbocycles. The van der Waals surface area contributed by atoms with E-state index in [1.54, 1.807) is 18.3 Å². The molecule has 0 atom stereocenters. The lowest BCUT2D eigenvalue weighted by Gasteiger charge is -2.32. The van der Waals surface area contributed by atoms with Gasteiger partial charge in [-0.1, -0.05) is 6.07 Å². The third-order valence-electron chi connectivity index (χ3n) is 5.35. The van der Waals surface area contributed by atoms with Crippen molar-refractivity contribution in [2.75, 3.05) is 24.5 Å². The number of amides is 2. The van der Waals surface area contributed by atoms with Crippen LogP contribution in [0.1, 0.15) is 24.1 Å². The van der Waals surface area contributed by atoms with Gasteiger partial charge in [-0.05, 0) is 55.3 Å². The average Bonchev–Trinajstić information content (AvgIpc) is 3.11. The first kappa shape index (κ1) is 22.3. The summed E-state index contributed by atoms with van der Waals surface area (Å²) >= 11 is 0.836. The molecular weight excluding hydrogens is 443 g/mol. The van der Waals surface area contributed by atoms with Crippen LogP contribution in [-0.2, 0) is 11.3 Å². The molecule has 2 aliphatic heterocycles. The Labute approximate surface area is 186 Å². The molecule has 0 unspecified atom stereocenters. The molecule has 2 fully saturated rings. The fourth-order valence-corrected chi connectivity index (χ4v) is 4.27. The zero-order valence-corrected chi connectivity index (χ0v) is 17.7. The summed E-state index contributed by atoms with van der Waals surface area (Å²) < 4.78 is 40.1. The van der Waals surface area contributed by atoms with Gasteiger partial charge in [0.2, 0.25) is 5.95 Å². The van der Waals surface area contributed by atoms with Gasteiger partial charge in [-0.25, -0.2) is 23.1 Å². The number of thioether (sulfide) groups is 1. The maximum absolute atomic E-state index is 13.7. The smallest absolute Gasteiger partial charge is 0.290 e. The second-order valence-corrected chi connectivity index (χ2v) is 8.54. The number of carbonyl (C=O) groups excluding carboxylic acids is 2. The summed E-state index contributed by atoms with van der Waals surface area (Å²) in [6, 6.07) is 3.83. The van der Waals surface area contributed by atoms with E-state index < -0.39 is 28.6 Å². The summed E-state index contributed by atoms with van der Waals surface area (Å²) in [6.45, 7) is 2.19. The van der Waals surface area contributed by atoms with E-state index in [4.69, 9.17) is 0 Å².